The molecule has 0 amide bonds. The first-order chi connectivity index (χ1) is 9.59. The maximum atomic E-state index is 11.4. The molecule has 1 unspecified atom stereocenters. The van der Waals surface area contributed by atoms with Gasteiger partial charge in [-0.1, -0.05) is 12.1 Å². The van der Waals surface area contributed by atoms with Gasteiger partial charge in [0.15, 0.2) is 5.78 Å². The number of carbonyl (C=O) groups excluding carboxylic acids is 1. The third-order valence-corrected chi connectivity index (χ3v) is 3.35. The van der Waals surface area contributed by atoms with E-state index in [1.807, 2.05) is 0 Å². The van der Waals surface area contributed by atoms with Crippen LogP contribution in [-0.2, 0) is 4.79 Å². The van der Waals surface area contributed by atoms with Gasteiger partial charge in [0.05, 0.1) is 5.56 Å². The van der Waals surface area contributed by atoms with Crippen LogP contribution in [0, 0.1) is 5.92 Å². The van der Waals surface area contributed by atoms with Gasteiger partial charge in [-0.25, -0.2) is 0 Å². The van der Waals surface area contributed by atoms with Crippen LogP contribution in [-0.4, -0.2) is 36.1 Å². The van der Waals surface area contributed by atoms with Gasteiger partial charge in [0, 0.05) is 6.54 Å². The van der Waals surface area contributed by atoms with Crippen LogP contribution < -0.4 is 10.1 Å². The molecule has 1 fully saturated rings. The minimum absolute atomic E-state index is 0.0463. The van der Waals surface area contributed by atoms with Gasteiger partial charge >= 0.3 is 5.97 Å². The van der Waals surface area contributed by atoms with Gasteiger partial charge in [-0.05, 0) is 37.8 Å². The van der Waals surface area contributed by atoms with Crippen LogP contribution in [0.4, 0.5) is 0 Å². The van der Waals surface area contributed by atoms with Gasteiger partial charge in [-0.2, -0.15) is 0 Å². The molecule has 1 atom stereocenters. The zero-order valence-electron chi connectivity index (χ0n) is 11.5. The lowest BCUT2D eigenvalue weighted by Gasteiger charge is -2.14. The lowest BCUT2D eigenvalue weighted by Crippen LogP contribution is -2.40. The molecule has 1 saturated carbocycles. The molecule has 2 N–H and O–H groups in total. The van der Waals surface area contributed by atoms with E-state index < -0.39 is 12.0 Å². The van der Waals surface area contributed by atoms with E-state index >= 15 is 0 Å². The maximum Gasteiger partial charge on any atom is 0.320 e. The number of carboxylic acids is 1. The van der Waals surface area contributed by atoms with Crippen molar-refractivity contribution in [3.8, 4) is 5.75 Å². The number of rotatable bonds is 8. The number of aliphatic carboxylic acids is 1. The summed E-state index contributed by atoms with van der Waals surface area (Å²) < 4.78 is 5.55. The van der Waals surface area contributed by atoms with Crippen LogP contribution in [0.1, 0.15) is 30.1 Å². The molecule has 2 rings (SSSR count). The molecule has 0 heterocycles. The van der Waals surface area contributed by atoms with Crippen LogP contribution in [0.15, 0.2) is 24.3 Å². The third kappa shape index (κ3) is 3.81. The summed E-state index contributed by atoms with van der Waals surface area (Å²) in [4.78, 5) is 22.5. The van der Waals surface area contributed by atoms with Crippen molar-refractivity contribution in [2.24, 2.45) is 5.92 Å². The van der Waals surface area contributed by atoms with Gasteiger partial charge in [0.1, 0.15) is 18.4 Å². The zero-order chi connectivity index (χ0) is 14.5. The zero-order valence-corrected chi connectivity index (χ0v) is 11.5. The smallest absolute Gasteiger partial charge is 0.320 e. The number of hydrogen-bond acceptors (Lipinski definition) is 4. The van der Waals surface area contributed by atoms with E-state index in [2.05, 4.69) is 5.32 Å². The van der Waals surface area contributed by atoms with Crippen molar-refractivity contribution >= 4 is 11.8 Å². The number of carboxylic acid groups (broad SMARTS) is 1. The van der Waals surface area contributed by atoms with Gasteiger partial charge in [-0.15, -0.1) is 0 Å². The topological polar surface area (TPSA) is 75.6 Å². The lowest BCUT2D eigenvalue weighted by atomic mass is 10.1. The molecule has 5 heteroatoms. The highest BCUT2D eigenvalue weighted by Crippen LogP contribution is 2.32. The molecule has 0 bridgehead atoms. The van der Waals surface area contributed by atoms with Crippen molar-refractivity contribution in [2.45, 2.75) is 25.8 Å². The number of benzene rings is 1. The summed E-state index contributed by atoms with van der Waals surface area (Å²) in [7, 11) is 0. The van der Waals surface area contributed by atoms with Gasteiger partial charge in [-0.3, -0.25) is 9.59 Å². The fraction of sp³-hybridized carbons (Fsp3) is 0.467. The summed E-state index contributed by atoms with van der Waals surface area (Å²) in [5.41, 5.74) is 0.546. The molecule has 1 aliphatic rings. The first-order valence-corrected chi connectivity index (χ1v) is 6.78. The SMILES string of the molecule is CC(=O)c1ccccc1OCCNC(C(=O)O)C1CC1. The average molecular weight is 277 g/mol. The van der Waals surface area contributed by atoms with Crippen LogP contribution in [0.2, 0.25) is 0 Å². The number of ether oxygens (including phenoxy) is 1. The second-order valence-corrected chi connectivity index (χ2v) is 5.01. The van der Waals surface area contributed by atoms with Crippen molar-refractivity contribution in [1.29, 1.82) is 0 Å². The Morgan fingerprint density at radius 3 is 2.70 bits per heavy atom. The van der Waals surface area contributed by atoms with E-state index in [-0.39, 0.29) is 11.7 Å². The van der Waals surface area contributed by atoms with Crippen molar-refractivity contribution in [3.05, 3.63) is 29.8 Å². The van der Waals surface area contributed by atoms with E-state index in [0.29, 0.717) is 24.5 Å². The van der Waals surface area contributed by atoms with E-state index in [1.54, 1.807) is 24.3 Å². The normalized spacial score (nSPS) is 15.7. The molecule has 5 nitrogen and oxygen atoms in total. The lowest BCUT2D eigenvalue weighted by molar-refractivity contribution is -0.140. The van der Waals surface area contributed by atoms with Gasteiger partial charge in [0.25, 0.3) is 0 Å². The Morgan fingerprint density at radius 2 is 2.10 bits per heavy atom. The molecule has 20 heavy (non-hydrogen) atoms. The predicted molar refractivity (Wildman–Crippen MR) is 74.1 cm³/mol. The van der Waals surface area contributed by atoms with E-state index in [9.17, 15) is 9.59 Å². The number of nitrogens with one attached hydrogen (secondary N) is 1. The van der Waals surface area contributed by atoms with E-state index in [0.717, 1.165) is 12.8 Å². The first-order valence-electron chi connectivity index (χ1n) is 6.78. The molecule has 1 aromatic rings. The fourth-order valence-electron chi connectivity index (χ4n) is 2.14. The number of ketones is 1. The molecule has 0 aliphatic heterocycles. The highest BCUT2D eigenvalue weighted by molar-refractivity contribution is 5.96. The molecule has 0 aromatic heterocycles. The Kier molecular flexibility index (Phi) is 4.74. The van der Waals surface area contributed by atoms with Gasteiger partial charge in [0.2, 0.25) is 0 Å². The second kappa shape index (κ2) is 6.52. The first kappa shape index (κ1) is 14.5. The summed E-state index contributed by atoms with van der Waals surface area (Å²) in [6.45, 7) is 2.27. The summed E-state index contributed by atoms with van der Waals surface area (Å²) in [6, 6.07) is 6.57. The minimum Gasteiger partial charge on any atom is -0.492 e. The number of hydrogen-bond donors (Lipinski definition) is 2. The second-order valence-electron chi connectivity index (χ2n) is 5.01. The Hall–Kier alpha value is -1.88. The highest BCUT2D eigenvalue weighted by Gasteiger charge is 2.35. The minimum atomic E-state index is -0.809. The molecule has 0 radical (unpaired) electrons. The molecular formula is C15H19NO4. The maximum absolute atomic E-state index is 11.4. The molecular weight excluding hydrogens is 258 g/mol. The fourth-order valence-corrected chi connectivity index (χ4v) is 2.14. The van der Waals surface area contributed by atoms with Crippen molar-refractivity contribution in [2.75, 3.05) is 13.2 Å². The molecule has 1 aliphatic carbocycles. The average Bonchev–Trinajstić information content (AvgIpc) is 3.23. The predicted octanol–water partition coefficient (Wildman–Crippen LogP) is 1.72. The Morgan fingerprint density at radius 1 is 1.40 bits per heavy atom. The van der Waals surface area contributed by atoms with E-state index in [1.165, 1.54) is 6.92 Å². The van der Waals surface area contributed by atoms with Crippen LogP contribution in [0.3, 0.4) is 0 Å². The van der Waals surface area contributed by atoms with Crippen LogP contribution in [0.25, 0.3) is 0 Å². The summed E-state index contributed by atoms with van der Waals surface area (Å²) >= 11 is 0. The Bertz CT molecular complexity index is 496. The third-order valence-electron chi connectivity index (χ3n) is 3.35. The van der Waals surface area contributed by atoms with E-state index in [4.69, 9.17) is 9.84 Å². The molecule has 0 saturated heterocycles. The number of Topliss-reactive ketones (excluding diaryl/α,β-unsaturated/α-hetero) is 1. The monoisotopic (exact) mass is 277 g/mol. The molecule has 1 aromatic carbocycles. The van der Waals surface area contributed by atoms with Gasteiger partial charge < -0.3 is 15.2 Å². The number of carbonyl (C=O) groups is 2. The molecule has 0 spiro atoms. The van der Waals surface area contributed by atoms with Crippen LogP contribution >= 0.6 is 0 Å². The highest BCUT2D eigenvalue weighted by atomic mass is 16.5. The standard InChI is InChI=1S/C15H19NO4/c1-10(17)12-4-2-3-5-13(12)20-9-8-16-14(15(18)19)11-6-7-11/h2-5,11,14,16H,6-9H2,1H3,(H,18,19). The Balaban J connectivity index is 1.81. The summed E-state index contributed by atoms with van der Waals surface area (Å²) in [5.74, 6) is -0.0660. The number of para-hydroxylation sites is 1. The Labute approximate surface area is 117 Å². The summed E-state index contributed by atoms with van der Waals surface area (Å²) in [6.07, 6.45) is 1.94. The van der Waals surface area contributed by atoms with Crippen molar-refractivity contribution in [3.63, 3.8) is 0 Å². The summed E-state index contributed by atoms with van der Waals surface area (Å²) in [5, 5.41) is 12.1. The van der Waals surface area contributed by atoms with Crippen molar-refractivity contribution < 1.29 is 19.4 Å². The van der Waals surface area contributed by atoms with Crippen molar-refractivity contribution in [1.82, 2.24) is 5.32 Å². The van der Waals surface area contributed by atoms with Crippen LogP contribution in [0.5, 0.6) is 5.75 Å². The quantitative estimate of drug-likeness (QED) is 0.559. The largest absolute Gasteiger partial charge is 0.492 e. The molecule has 108 valence electrons.